The lowest BCUT2D eigenvalue weighted by Gasteiger charge is -2.37. The van der Waals surface area contributed by atoms with Crippen molar-refractivity contribution in [2.45, 2.75) is 59.5 Å². The number of Topliss-reactive ketones (excluding diaryl/α,β-unsaturated/α-hetero) is 1. The van der Waals surface area contributed by atoms with Crippen molar-refractivity contribution in [3.63, 3.8) is 0 Å². The Bertz CT molecular complexity index is 464. The van der Waals surface area contributed by atoms with Gasteiger partial charge in [-0.05, 0) is 32.3 Å². The van der Waals surface area contributed by atoms with Crippen LogP contribution in [-0.4, -0.2) is 23.3 Å². The molecule has 0 radical (unpaired) electrons. The number of nitrogens with zero attached hydrogens (tertiary/aromatic N) is 1. The lowest BCUT2D eigenvalue weighted by molar-refractivity contribution is -0.135. The van der Waals surface area contributed by atoms with E-state index in [0.29, 0.717) is 11.8 Å². The van der Waals surface area contributed by atoms with E-state index in [1.807, 2.05) is 0 Å². The molecule has 0 amide bonds. The molecule has 2 nitrogen and oxygen atoms in total. The molecule has 2 heteroatoms. The molecule has 1 unspecified atom stereocenters. The van der Waals surface area contributed by atoms with Gasteiger partial charge in [0.15, 0.2) is 0 Å². The zero-order valence-corrected chi connectivity index (χ0v) is 13.9. The van der Waals surface area contributed by atoms with E-state index >= 15 is 0 Å². The molecule has 0 N–H and O–H groups in total. The van der Waals surface area contributed by atoms with Gasteiger partial charge < -0.3 is 0 Å². The Balaban J connectivity index is 2.04. The van der Waals surface area contributed by atoms with Crippen molar-refractivity contribution in [1.82, 2.24) is 4.90 Å². The van der Waals surface area contributed by atoms with Crippen molar-refractivity contribution in [2.75, 3.05) is 6.54 Å². The van der Waals surface area contributed by atoms with Gasteiger partial charge in [-0.3, -0.25) is 9.69 Å². The second-order valence-electron chi connectivity index (χ2n) is 7.35. The quantitative estimate of drug-likeness (QED) is 0.805. The van der Waals surface area contributed by atoms with Crippen molar-refractivity contribution in [1.29, 1.82) is 0 Å². The summed E-state index contributed by atoms with van der Waals surface area (Å²) in [5, 5.41) is 0. The zero-order chi connectivity index (χ0) is 15.5. The number of hydrogen-bond acceptors (Lipinski definition) is 2. The van der Waals surface area contributed by atoms with Gasteiger partial charge in [-0.15, -0.1) is 0 Å². The van der Waals surface area contributed by atoms with Crippen LogP contribution in [0.15, 0.2) is 30.3 Å². The molecule has 0 saturated heterocycles. The fourth-order valence-electron chi connectivity index (χ4n) is 3.33. The molecular weight excluding hydrogens is 258 g/mol. The molecule has 0 bridgehead atoms. The molecule has 1 aliphatic carbocycles. The molecule has 1 aromatic rings. The molecule has 2 rings (SSSR count). The molecule has 0 aliphatic heterocycles. The van der Waals surface area contributed by atoms with Crippen LogP contribution >= 0.6 is 0 Å². The minimum atomic E-state index is -0.127. The monoisotopic (exact) mass is 287 g/mol. The lowest BCUT2D eigenvalue weighted by Crippen LogP contribution is -2.43. The number of carbonyl (C=O) groups is 1. The van der Waals surface area contributed by atoms with Crippen LogP contribution in [0.5, 0.6) is 0 Å². The van der Waals surface area contributed by atoms with Crippen LogP contribution in [0.2, 0.25) is 0 Å². The molecular formula is C19H29NO. The lowest BCUT2D eigenvalue weighted by atomic mass is 9.71. The first-order chi connectivity index (χ1) is 9.90. The van der Waals surface area contributed by atoms with Crippen LogP contribution in [0, 0.1) is 11.3 Å². The zero-order valence-electron chi connectivity index (χ0n) is 13.9. The second kappa shape index (κ2) is 6.74. The Kier molecular flexibility index (Phi) is 5.21. The van der Waals surface area contributed by atoms with E-state index in [0.717, 1.165) is 25.9 Å². The topological polar surface area (TPSA) is 20.3 Å². The molecule has 0 heterocycles. The maximum Gasteiger partial charge on any atom is 0.142 e. The van der Waals surface area contributed by atoms with Crippen LogP contribution in [0.3, 0.4) is 0 Å². The number of hydrogen-bond donors (Lipinski definition) is 0. The van der Waals surface area contributed by atoms with E-state index in [2.05, 4.69) is 62.9 Å². The van der Waals surface area contributed by atoms with Crippen LogP contribution < -0.4 is 0 Å². The highest BCUT2D eigenvalue weighted by atomic mass is 16.1. The summed E-state index contributed by atoms with van der Waals surface area (Å²) in [6, 6.07) is 11.0. The van der Waals surface area contributed by atoms with Crippen molar-refractivity contribution in [2.24, 2.45) is 11.3 Å². The normalized spacial score (nSPS) is 22.0. The highest BCUT2D eigenvalue weighted by Crippen LogP contribution is 2.36. The summed E-state index contributed by atoms with van der Waals surface area (Å²) in [7, 11) is 0. The summed E-state index contributed by atoms with van der Waals surface area (Å²) < 4.78 is 0. The third kappa shape index (κ3) is 4.16. The average Bonchev–Trinajstić information content (AvgIpc) is 2.44. The third-order valence-corrected chi connectivity index (χ3v) is 4.81. The Hall–Kier alpha value is -1.15. The van der Waals surface area contributed by atoms with E-state index in [1.54, 1.807) is 0 Å². The summed E-state index contributed by atoms with van der Waals surface area (Å²) >= 11 is 0. The maximum absolute atomic E-state index is 12.6. The summed E-state index contributed by atoms with van der Waals surface area (Å²) in [5.74, 6) is 0.673. The van der Waals surface area contributed by atoms with Gasteiger partial charge in [-0.1, -0.05) is 50.6 Å². The number of rotatable bonds is 5. The first-order valence-corrected chi connectivity index (χ1v) is 8.22. The highest BCUT2D eigenvalue weighted by molar-refractivity contribution is 5.87. The standard InChI is InChI=1S/C19H29NO/c1-15(2)20(13-16-9-6-5-7-10-16)14-17-11-8-12-19(3,4)18(17)21/h5-7,9-10,15,17H,8,11-14H2,1-4H3. The molecule has 0 aromatic heterocycles. The first-order valence-electron chi connectivity index (χ1n) is 8.22. The SMILES string of the molecule is CC(C)N(Cc1ccccc1)CC1CCCC(C)(C)C1=O. The van der Waals surface area contributed by atoms with Gasteiger partial charge in [0.25, 0.3) is 0 Å². The van der Waals surface area contributed by atoms with E-state index < -0.39 is 0 Å². The van der Waals surface area contributed by atoms with Crippen molar-refractivity contribution in [3.05, 3.63) is 35.9 Å². The van der Waals surface area contributed by atoms with Crippen LogP contribution in [0.1, 0.15) is 52.5 Å². The molecule has 1 saturated carbocycles. The summed E-state index contributed by atoms with van der Waals surface area (Å²) in [6.45, 7) is 10.5. The highest BCUT2D eigenvalue weighted by Gasteiger charge is 2.37. The fraction of sp³-hybridized carbons (Fsp3) is 0.632. The molecule has 21 heavy (non-hydrogen) atoms. The summed E-state index contributed by atoms with van der Waals surface area (Å²) in [5.41, 5.74) is 1.20. The van der Waals surface area contributed by atoms with Crippen molar-refractivity contribution in [3.8, 4) is 0 Å². The van der Waals surface area contributed by atoms with Crippen molar-refractivity contribution < 1.29 is 4.79 Å². The third-order valence-electron chi connectivity index (χ3n) is 4.81. The molecule has 1 aromatic carbocycles. The van der Waals surface area contributed by atoms with E-state index in [-0.39, 0.29) is 11.3 Å². The van der Waals surface area contributed by atoms with E-state index in [1.165, 1.54) is 12.0 Å². The minimum Gasteiger partial charge on any atom is -0.299 e. The van der Waals surface area contributed by atoms with Gasteiger partial charge in [0, 0.05) is 30.5 Å². The fourth-order valence-corrected chi connectivity index (χ4v) is 3.33. The van der Waals surface area contributed by atoms with E-state index in [9.17, 15) is 4.79 Å². The largest absolute Gasteiger partial charge is 0.299 e. The Morgan fingerprint density at radius 1 is 1.24 bits per heavy atom. The van der Waals surface area contributed by atoms with Gasteiger partial charge in [-0.25, -0.2) is 0 Å². The van der Waals surface area contributed by atoms with Crippen LogP contribution in [0.4, 0.5) is 0 Å². The smallest absolute Gasteiger partial charge is 0.142 e. The van der Waals surface area contributed by atoms with E-state index in [4.69, 9.17) is 0 Å². The van der Waals surface area contributed by atoms with Gasteiger partial charge in [0.2, 0.25) is 0 Å². The Morgan fingerprint density at radius 2 is 1.90 bits per heavy atom. The molecule has 0 spiro atoms. The van der Waals surface area contributed by atoms with Gasteiger partial charge >= 0.3 is 0 Å². The number of benzene rings is 1. The first kappa shape index (κ1) is 16.2. The van der Waals surface area contributed by atoms with Gasteiger partial charge in [-0.2, -0.15) is 0 Å². The van der Waals surface area contributed by atoms with Gasteiger partial charge in [0.1, 0.15) is 5.78 Å². The number of carbonyl (C=O) groups excluding carboxylic acids is 1. The van der Waals surface area contributed by atoms with Gasteiger partial charge in [0.05, 0.1) is 0 Å². The molecule has 1 aliphatic rings. The molecule has 1 fully saturated rings. The average molecular weight is 287 g/mol. The maximum atomic E-state index is 12.6. The van der Waals surface area contributed by atoms with Crippen molar-refractivity contribution >= 4 is 5.78 Å². The van der Waals surface area contributed by atoms with Crippen LogP contribution in [-0.2, 0) is 11.3 Å². The summed E-state index contributed by atoms with van der Waals surface area (Å²) in [4.78, 5) is 15.1. The molecule has 116 valence electrons. The minimum absolute atomic E-state index is 0.127. The predicted molar refractivity (Wildman–Crippen MR) is 88.1 cm³/mol. The molecule has 1 atom stereocenters. The number of ketones is 1. The Morgan fingerprint density at radius 3 is 2.52 bits per heavy atom. The predicted octanol–water partition coefficient (Wildman–Crippen LogP) is 4.29. The second-order valence-corrected chi connectivity index (χ2v) is 7.35. The summed E-state index contributed by atoms with van der Waals surface area (Å²) in [6.07, 6.45) is 3.28. The van der Waals surface area contributed by atoms with Crippen LogP contribution in [0.25, 0.3) is 0 Å². The Labute approximate surface area is 129 Å².